The first-order valence-electron chi connectivity index (χ1n) is 7.14. The average molecular weight is 326 g/mol. The number of ether oxygens (including phenoxy) is 1. The Bertz CT molecular complexity index is 618. The fourth-order valence-electron chi connectivity index (χ4n) is 2.37. The van der Waals surface area contributed by atoms with Crippen molar-refractivity contribution in [3.63, 3.8) is 0 Å². The van der Waals surface area contributed by atoms with E-state index in [9.17, 15) is 18.0 Å². The van der Waals surface area contributed by atoms with Crippen molar-refractivity contribution >= 4 is 5.91 Å². The highest BCUT2D eigenvalue weighted by Crippen LogP contribution is 2.31. The molecule has 4 nitrogen and oxygen atoms in total. The minimum atomic E-state index is -4.38. The highest BCUT2D eigenvalue weighted by atomic mass is 19.4. The zero-order valence-corrected chi connectivity index (χ0v) is 12.9. The zero-order chi connectivity index (χ0) is 17.3. The summed E-state index contributed by atoms with van der Waals surface area (Å²) in [6.45, 7) is 3.94. The standard InChI is InChI=1S/C16H17F3N2O2/c1-15(2,10-20)14(22)21-7-8-23-13(9-21)11-3-5-12(6-4-11)16(17,18)19/h3-6,13H,7-9H2,1-2H3/t13-/m0/s1. The van der Waals surface area contributed by atoms with E-state index in [1.807, 2.05) is 6.07 Å². The van der Waals surface area contributed by atoms with E-state index >= 15 is 0 Å². The highest BCUT2D eigenvalue weighted by molar-refractivity contribution is 5.84. The molecule has 0 bridgehead atoms. The fraction of sp³-hybridized carbons (Fsp3) is 0.500. The van der Waals surface area contributed by atoms with Gasteiger partial charge in [-0.15, -0.1) is 0 Å². The van der Waals surface area contributed by atoms with Crippen LogP contribution < -0.4 is 0 Å². The number of carbonyl (C=O) groups is 1. The van der Waals surface area contributed by atoms with Gasteiger partial charge in [0.25, 0.3) is 0 Å². The SMILES string of the molecule is CC(C)(C#N)C(=O)N1CCO[C@H](c2ccc(C(F)(F)F)cc2)C1. The predicted octanol–water partition coefficient (Wildman–Crippen LogP) is 3.16. The smallest absolute Gasteiger partial charge is 0.370 e. The summed E-state index contributed by atoms with van der Waals surface area (Å²) in [6.07, 6.45) is -4.88. The van der Waals surface area contributed by atoms with Crippen LogP contribution in [0.5, 0.6) is 0 Å². The van der Waals surface area contributed by atoms with E-state index in [1.165, 1.54) is 30.9 Å². The van der Waals surface area contributed by atoms with Crippen LogP contribution in [0.4, 0.5) is 13.2 Å². The Morgan fingerprint density at radius 2 is 1.91 bits per heavy atom. The number of nitriles is 1. The van der Waals surface area contributed by atoms with E-state index in [0.29, 0.717) is 12.1 Å². The van der Waals surface area contributed by atoms with Gasteiger partial charge in [-0.1, -0.05) is 12.1 Å². The molecule has 124 valence electrons. The van der Waals surface area contributed by atoms with Gasteiger partial charge >= 0.3 is 6.18 Å². The monoisotopic (exact) mass is 326 g/mol. The normalized spacial score (nSPS) is 19.3. The van der Waals surface area contributed by atoms with Crippen molar-refractivity contribution in [1.29, 1.82) is 5.26 Å². The van der Waals surface area contributed by atoms with Gasteiger partial charge in [-0.05, 0) is 31.5 Å². The van der Waals surface area contributed by atoms with Gasteiger partial charge in [-0.25, -0.2) is 0 Å². The topological polar surface area (TPSA) is 53.3 Å². The van der Waals surface area contributed by atoms with Gasteiger partial charge in [0.05, 0.1) is 24.8 Å². The molecular weight excluding hydrogens is 309 g/mol. The minimum Gasteiger partial charge on any atom is -0.370 e. The molecule has 1 aliphatic heterocycles. The van der Waals surface area contributed by atoms with E-state index < -0.39 is 23.3 Å². The number of carbonyl (C=O) groups excluding carboxylic acids is 1. The quantitative estimate of drug-likeness (QED) is 0.839. The molecule has 1 saturated heterocycles. The molecule has 1 aromatic carbocycles. The predicted molar refractivity (Wildman–Crippen MR) is 76.1 cm³/mol. The number of benzene rings is 1. The van der Waals surface area contributed by atoms with Crippen LogP contribution in [-0.4, -0.2) is 30.5 Å². The van der Waals surface area contributed by atoms with Crippen molar-refractivity contribution in [3.05, 3.63) is 35.4 Å². The maximum Gasteiger partial charge on any atom is 0.416 e. The fourth-order valence-corrected chi connectivity index (χ4v) is 2.37. The molecule has 23 heavy (non-hydrogen) atoms. The largest absolute Gasteiger partial charge is 0.416 e. The van der Waals surface area contributed by atoms with Crippen LogP contribution in [0.25, 0.3) is 0 Å². The zero-order valence-electron chi connectivity index (χ0n) is 12.9. The lowest BCUT2D eigenvalue weighted by Gasteiger charge is -2.35. The third-order valence-electron chi connectivity index (χ3n) is 3.78. The van der Waals surface area contributed by atoms with Crippen LogP contribution in [0.1, 0.15) is 31.1 Å². The summed E-state index contributed by atoms with van der Waals surface area (Å²) in [5.41, 5.74) is -1.29. The summed E-state index contributed by atoms with van der Waals surface area (Å²) in [5.74, 6) is -0.305. The minimum absolute atomic E-state index is 0.218. The highest BCUT2D eigenvalue weighted by Gasteiger charge is 2.35. The molecule has 0 aromatic heterocycles. The maximum atomic E-state index is 12.6. The van der Waals surface area contributed by atoms with E-state index in [4.69, 9.17) is 10.00 Å². The molecule has 7 heteroatoms. The molecule has 0 N–H and O–H groups in total. The molecule has 2 rings (SSSR count). The van der Waals surface area contributed by atoms with Crippen molar-refractivity contribution in [2.75, 3.05) is 19.7 Å². The lowest BCUT2D eigenvalue weighted by atomic mass is 9.93. The molecule has 0 saturated carbocycles. The average Bonchev–Trinajstić information content (AvgIpc) is 2.53. The van der Waals surface area contributed by atoms with Crippen LogP contribution in [0.2, 0.25) is 0 Å². The van der Waals surface area contributed by atoms with Gasteiger partial charge in [0.1, 0.15) is 11.5 Å². The molecule has 0 radical (unpaired) electrons. The second kappa shape index (κ2) is 6.20. The first kappa shape index (κ1) is 17.3. The second-order valence-electron chi connectivity index (χ2n) is 5.97. The number of hydrogen-bond donors (Lipinski definition) is 0. The van der Waals surface area contributed by atoms with Gasteiger partial charge in [0, 0.05) is 6.54 Å². The first-order chi connectivity index (χ1) is 10.6. The number of morpholine rings is 1. The number of hydrogen-bond acceptors (Lipinski definition) is 3. The molecule has 1 heterocycles. The van der Waals surface area contributed by atoms with Crippen molar-refractivity contribution in [1.82, 2.24) is 4.90 Å². The number of alkyl halides is 3. The second-order valence-corrected chi connectivity index (χ2v) is 5.97. The van der Waals surface area contributed by atoms with E-state index in [1.54, 1.807) is 0 Å². The Labute approximate surface area is 132 Å². The number of nitrogens with zero attached hydrogens (tertiary/aromatic N) is 2. The van der Waals surface area contributed by atoms with E-state index in [2.05, 4.69) is 0 Å². The molecule has 0 spiro atoms. The lowest BCUT2D eigenvalue weighted by molar-refractivity contribution is -0.145. The third kappa shape index (κ3) is 3.82. The van der Waals surface area contributed by atoms with Crippen LogP contribution >= 0.6 is 0 Å². The molecule has 1 fully saturated rings. The summed E-state index contributed by atoms with van der Waals surface area (Å²) in [4.78, 5) is 13.8. The van der Waals surface area contributed by atoms with Gasteiger partial charge < -0.3 is 9.64 Å². The van der Waals surface area contributed by atoms with Crippen LogP contribution in [-0.2, 0) is 15.7 Å². The maximum absolute atomic E-state index is 12.6. The number of halogens is 3. The molecule has 1 aromatic rings. The molecular formula is C16H17F3N2O2. The van der Waals surface area contributed by atoms with E-state index in [0.717, 1.165) is 12.1 Å². The van der Waals surface area contributed by atoms with Gasteiger partial charge in [-0.2, -0.15) is 18.4 Å². The van der Waals surface area contributed by atoms with Gasteiger partial charge in [-0.3, -0.25) is 4.79 Å². The van der Waals surface area contributed by atoms with Crippen LogP contribution in [0.3, 0.4) is 0 Å². The van der Waals surface area contributed by atoms with Crippen molar-refractivity contribution in [2.24, 2.45) is 5.41 Å². The van der Waals surface area contributed by atoms with E-state index in [-0.39, 0.29) is 19.1 Å². The van der Waals surface area contributed by atoms with Gasteiger partial charge in [0.2, 0.25) is 5.91 Å². The molecule has 1 atom stereocenters. The Kier molecular flexibility index (Phi) is 4.66. The van der Waals surface area contributed by atoms with Crippen molar-refractivity contribution in [3.8, 4) is 6.07 Å². The number of rotatable bonds is 2. The van der Waals surface area contributed by atoms with Crippen LogP contribution in [0, 0.1) is 16.7 Å². The number of amides is 1. The summed E-state index contributed by atoms with van der Waals surface area (Å²) in [6, 6.07) is 6.67. The summed E-state index contributed by atoms with van der Waals surface area (Å²) < 4.78 is 43.3. The van der Waals surface area contributed by atoms with Crippen LogP contribution in [0.15, 0.2) is 24.3 Å². The lowest BCUT2D eigenvalue weighted by Crippen LogP contribution is -2.47. The molecule has 0 aliphatic carbocycles. The molecule has 0 unspecified atom stereocenters. The molecule has 1 aliphatic rings. The van der Waals surface area contributed by atoms with Crippen molar-refractivity contribution in [2.45, 2.75) is 26.1 Å². The Morgan fingerprint density at radius 1 is 1.30 bits per heavy atom. The summed E-state index contributed by atoms with van der Waals surface area (Å²) >= 11 is 0. The summed E-state index contributed by atoms with van der Waals surface area (Å²) in [7, 11) is 0. The van der Waals surface area contributed by atoms with Gasteiger partial charge in [0.15, 0.2) is 0 Å². The Morgan fingerprint density at radius 3 is 2.43 bits per heavy atom. The first-order valence-corrected chi connectivity index (χ1v) is 7.14. The molecule has 1 amide bonds. The Balaban J connectivity index is 2.13. The summed E-state index contributed by atoms with van der Waals surface area (Å²) in [5, 5.41) is 9.05. The third-order valence-corrected chi connectivity index (χ3v) is 3.78. The van der Waals surface area contributed by atoms with Crippen molar-refractivity contribution < 1.29 is 22.7 Å². The Hall–Kier alpha value is -2.07.